The molecular weight excluding hydrogens is 362 g/mol. The van der Waals surface area contributed by atoms with Gasteiger partial charge in [0.25, 0.3) is 5.91 Å². The van der Waals surface area contributed by atoms with Gasteiger partial charge >= 0.3 is 5.97 Å². The predicted molar refractivity (Wildman–Crippen MR) is 97.3 cm³/mol. The number of para-hydroxylation sites is 1. The van der Waals surface area contributed by atoms with Gasteiger partial charge < -0.3 is 10.1 Å². The lowest BCUT2D eigenvalue weighted by Gasteiger charge is -2.07. The highest BCUT2D eigenvalue weighted by molar-refractivity contribution is 7.98. The van der Waals surface area contributed by atoms with Crippen molar-refractivity contribution in [1.29, 1.82) is 0 Å². The molecule has 1 N–H and O–H groups in total. The Morgan fingerprint density at radius 1 is 1.24 bits per heavy atom. The summed E-state index contributed by atoms with van der Waals surface area (Å²) >= 11 is 7.39. The summed E-state index contributed by atoms with van der Waals surface area (Å²) < 4.78 is 6.89. The molecule has 0 saturated heterocycles. The molecule has 0 aliphatic rings. The largest absolute Gasteiger partial charge is 0.451 e. The average molecular weight is 376 g/mol. The van der Waals surface area contributed by atoms with Gasteiger partial charge in [-0.15, -0.1) is 0 Å². The molecule has 0 aliphatic carbocycles. The van der Waals surface area contributed by atoms with Crippen LogP contribution < -0.4 is 5.32 Å². The number of pyridine rings is 1. The molecule has 6 nitrogen and oxygen atoms in total. The van der Waals surface area contributed by atoms with E-state index in [4.69, 9.17) is 16.3 Å². The van der Waals surface area contributed by atoms with Crippen LogP contribution in [0.5, 0.6) is 0 Å². The Morgan fingerprint density at radius 2 is 2.00 bits per heavy atom. The Bertz CT molecular complexity index is 942. The van der Waals surface area contributed by atoms with Gasteiger partial charge in [-0.25, -0.2) is 9.78 Å². The van der Waals surface area contributed by atoms with Gasteiger partial charge in [-0.05, 0) is 30.5 Å². The highest BCUT2D eigenvalue weighted by Crippen LogP contribution is 2.21. The smallest absolute Gasteiger partial charge is 0.359 e. The van der Waals surface area contributed by atoms with Crippen LogP contribution in [-0.4, -0.2) is 34.1 Å². The first-order valence-electron chi connectivity index (χ1n) is 7.32. The number of hydrogen-bond acceptors (Lipinski definition) is 5. The second-order valence-electron chi connectivity index (χ2n) is 5.01. The zero-order chi connectivity index (χ0) is 17.8. The van der Waals surface area contributed by atoms with Crippen molar-refractivity contribution in [3.8, 4) is 0 Å². The Labute approximate surface area is 153 Å². The number of benzene rings is 1. The van der Waals surface area contributed by atoms with Crippen LogP contribution in [0.4, 0.5) is 5.69 Å². The van der Waals surface area contributed by atoms with Gasteiger partial charge in [0.1, 0.15) is 0 Å². The minimum Gasteiger partial charge on any atom is -0.451 e. The van der Waals surface area contributed by atoms with Crippen molar-refractivity contribution in [1.82, 2.24) is 9.38 Å². The van der Waals surface area contributed by atoms with Gasteiger partial charge in [-0.3, -0.25) is 9.20 Å². The lowest BCUT2D eigenvalue weighted by atomic mass is 10.3. The number of imidazole rings is 1. The lowest BCUT2D eigenvalue weighted by Crippen LogP contribution is -2.21. The molecule has 0 bridgehead atoms. The fourth-order valence-corrected chi connectivity index (χ4v) is 2.97. The maximum atomic E-state index is 12.3. The molecule has 1 amide bonds. The predicted octanol–water partition coefficient (Wildman–Crippen LogP) is 3.51. The third-order valence-corrected chi connectivity index (χ3v) is 4.36. The zero-order valence-corrected chi connectivity index (χ0v) is 14.8. The van der Waals surface area contributed by atoms with Gasteiger partial charge in [0, 0.05) is 6.20 Å². The summed E-state index contributed by atoms with van der Waals surface area (Å²) in [6, 6.07) is 12.2. The summed E-state index contributed by atoms with van der Waals surface area (Å²) in [7, 11) is 0. The highest BCUT2D eigenvalue weighted by Gasteiger charge is 2.19. The third-order valence-electron chi connectivity index (χ3n) is 3.37. The van der Waals surface area contributed by atoms with E-state index in [1.807, 2.05) is 24.6 Å². The minimum atomic E-state index is -0.654. The maximum absolute atomic E-state index is 12.3. The molecule has 0 aliphatic heterocycles. The number of carbonyl (C=O) groups excluding carboxylic acids is 2. The summed E-state index contributed by atoms with van der Waals surface area (Å²) in [5.41, 5.74) is 1.26. The van der Waals surface area contributed by atoms with Gasteiger partial charge in [0.15, 0.2) is 17.5 Å². The average Bonchev–Trinajstić information content (AvgIpc) is 3.00. The number of amides is 1. The standard InChI is InChI=1S/C17H14ClN3O3S/c1-25-17-20-15(13-8-4-5-9-21(13)17)16(23)24-10-14(22)19-12-7-3-2-6-11(12)18/h2-9H,10H2,1H3,(H,19,22). The number of thioether (sulfide) groups is 1. The molecule has 0 fully saturated rings. The molecule has 8 heteroatoms. The topological polar surface area (TPSA) is 72.7 Å². The molecule has 1 aromatic carbocycles. The summed E-state index contributed by atoms with van der Waals surface area (Å²) in [6.45, 7) is -0.426. The van der Waals surface area contributed by atoms with E-state index in [0.717, 1.165) is 0 Å². The Balaban J connectivity index is 1.69. The van der Waals surface area contributed by atoms with E-state index < -0.39 is 18.5 Å². The van der Waals surface area contributed by atoms with Crippen LogP contribution in [0.2, 0.25) is 5.02 Å². The molecule has 2 heterocycles. The zero-order valence-electron chi connectivity index (χ0n) is 13.2. The number of fused-ring (bicyclic) bond motifs is 1. The van der Waals surface area contributed by atoms with E-state index in [9.17, 15) is 9.59 Å². The van der Waals surface area contributed by atoms with Crippen LogP contribution in [0.15, 0.2) is 53.8 Å². The number of carbonyl (C=O) groups is 2. The fraction of sp³-hybridized carbons (Fsp3) is 0.118. The molecule has 128 valence electrons. The maximum Gasteiger partial charge on any atom is 0.359 e. The van der Waals surface area contributed by atoms with E-state index >= 15 is 0 Å². The molecule has 0 radical (unpaired) electrons. The lowest BCUT2D eigenvalue weighted by molar-refractivity contribution is -0.119. The van der Waals surface area contributed by atoms with Crippen molar-refractivity contribution in [2.24, 2.45) is 0 Å². The Hall–Kier alpha value is -2.51. The molecule has 2 aromatic heterocycles. The molecule has 25 heavy (non-hydrogen) atoms. The van der Waals surface area contributed by atoms with E-state index in [0.29, 0.717) is 21.4 Å². The fourth-order valence-electron chi connectivity index (χ4n) is 2.25. The molecule has 0 spiro atoms. The van der Waals surface area contributed by atoms with Crippen LogP contribution in [0.3, 0.4) is 0 Å². The molecule has 3 rings (SSSR count). The molecule has 0 unspecified atom stereocenters. The van der Waals surface area contributed by atoms with Crippen LogP contribution in [0.1, 0.15) is 10.5 Å². The van der Waals surface area contributed by atoms with Crippen LogP contribution in [0, 0.1) is 0 Å². The number of hydrogen-bond donors (Lipinski definition) is 1. The van der Waals surface area contributed by atoms with E-state index in [1.54, 1.807) is 34.7 Å². The van der Waals surface area contributed by atoms with Gasteiger partial charge in [0.2, 0.25) is 0 Å². The number of halogens is 1. The van der Waals surface area contributed by atoms with Crippen molar-refractivity contribution in [2.45, 2.75) is 5.16 Å². The number of esters is 1. The first-order valence-corrected chi connectivity index (χ1v) is 8.93. The van der Waals surface area contributed by atoms with E-state index in [2.05, 4.69) is 10.3 Å². The summed E-state index contributed by atoms with van der Waals surface area (Å²) in [5, 5.41) is 3.67. The first kappa shape index (κ1) is 17.3. The number of nitrogens with zero attached hydrogens (tertiary/aromatic N) is 2. The Morgan fingerprint density at radius 3 is 2.76 bits per heavy atom. The van der Waals surface area contributed by atoms with Crippen molar-refractivity contribution >= 4 is 46.4 Å². The Kier molecular flexibility index (Phi) is 5.25. The number of aromatic nitrogens is 2. The SMILES string of the molecule is CSc1nc(C(=O)OCC(=O)Nc2ccccc2Cl)c2ccccn12. The van der Waals surface area contributed by atoms with E-state index in [1.165, 1.54) is 11.8 Å². The number of rotatable bonds is 5. The third kappa shape index (κ3) is 3.78. The summed E-state index contributed by atoms with van der Waals surface area (Å²) in [6.07, 6.45) is 3.68. The highest BCUT2D eigenvalue weighted by atomic mass is 35.5. The van der Waals surface area contributed by atoms with E-state index in [-0.39, 0.29) is 5.69 Å². The molecule has 3 aromatic rings. The summed E-state index contributed by atoms with van der Waals surface area (Å²) in [5.74, 6) is -1.13. The minimum absolute atomic E-state index is 0.176. The second kappa shape index (κ2) is 7.58. The van der Waals surface area contributed by atoms with Gasteiger partial charge in [-0.2, -0.15) is 0 Å². The van der Waals surface area contributed by atoms with Crippen LogP contribution >= 0.6 is 23.4 Å². The molecule has 0 saturated carbocycles. The van der Waals surface area contributed by atoms with Crippen molar-refractivity contribution in [3.63, 3.8) is 0 Å². The molecule has 0 atom stereocenters. The monoisotopic (exact) mass is 375 g/mol. The van der Waals surface area contributed by atoms with Crippen molar-refractivity contribution < 1.29 is 14.3 Å². The van der Waals surface area contributed by atoms with Gasteiger partial charge in [-0.1, -0.05) is 41.6 Å². The van der Waals surface area contributed by atoms with Crippen molar-refractivity contribution in [2.75, 3.05) is 18.2 Å². The van der Waals surface area contributed by atoms with Crippen LogP contribution in [-0.2, 0) is 9.53 Å². The van der Waals surface area contributed by atoms with Gasteiger partial charge in [0.05, 0.1) is 16.2 Å². The van der Waals surface area contributed by atoms with Crippen molar-refractivity contribution in [3.05, 3.63) is 59.4 Å². The number of anilines is 1. The quantitative estimate of drug-likeness (QED) is 0.545. The normalized spacial score (nSPS) is 10.6. The second-order valence-corrected chi connectivity index (χ2v) is 6.19. The number of ether oxygens (including phenoxy) is 1. The summed E-state index contributed by atoms with van der Waals surface area (Å²) in [4.78, 5) is 28.5. The first-order chi connectivity index (χ1) is 12.1. The molecular formula is C17H14ClN3O3S. The number of nitrogens with one attached hydrogen (secondary N) is 1. The van der Waals surface area contributed by atoms with Crippen LogP contribution in [0.25, 0.3) is 5.52 Å².